The standard InChI is InChI=1S/C27H27ClN2O2/c28-21-11-9-20(10-12-21)27(31)13-17-30(18-14-27)16-4-7-22-23-6-3-15-29-25(23)19-32-26-8-2-1-5-24(22)26/h1-3,5-12,15,31H,4,13-14,16-19H2. The second kappa shape index (κ2) is 9.07. The smallest absolute Gasteiger partial charge is 0.131 e. The summed E-state index contributed by atoms with van der Waals surface area (Å²) < 4.78 is 6.02. The fourth-order valence-corrected chi connectivity index (χ4v) is 4.84. The van der Waals surface area contributed by atoms with Crippen molar-refractivity contribution in [2.45, 2.75) is 31.5 Å². The lowest BCUT2D eigenvalue weighted by Gasteiger charge is -2.38. The molecule has 0 amide bonds. The average molecular weight is 447 g/mol. The SMILES string of the molecule is OC1(c2ccc(Cl)cc2)CCN(CCC=C2c3ccccc3OCc3ncccc32)CC1. The molecule has 0 atom stereocenters. The number of hydrogen-bond acceptors (Lipinski definition) is 4. The first kappa shape index (κ1) is 21.2. The van der Waals surface area contributed by atoms with Gasteiger partial charge in [0.2, 0.25) is 0 Å². The zero-order valence-electron chi connectivity index (χ0n) is 18.0. The molecule has 0 aliphatic carbocycles. The van der Waals surface area contributed by atoms with Crippen molar-refractivity contribution < 1.29 is 9.84 Å². The topological polar surface area (TPSA) is 45.6 Å². The largest absolute Gasteiger partial charge is 0.487 e. The number of nitrogens with zero attached hydrogens (tertiary/aromatic N) is 2. The molecule has 1 fully saturated rings. The number of halogens is 1. The monoisotopic (exact) mass is 446 g/mol. The van der Waals surface area contributed by atoms with Crippen molar-refractivity contribution in [1.82, 2.24) is 9.88 Å². The average Bonchev–Trinajstić information content (AvgIpc) is 2.98. The second-order valence-corrected chi connectivity index (χ2v) is 9.01. The highest BCUT2D eigenvalue weighted by Crippen LogP contribution is 2.37. The Balaban J connectivity index is 1.28. The van der Waals surface area contributed by atoms with Gasteiger partial charge in [-0.05, 0) is 54.7 Å². The molecule has 0 bridgehead atoms. The maximum absolute atomic E-state index is 11.1. The van der Waals surface area contributed by atoms with Crippen LogP contribution in [0.15, 0.2) is 72.9 Å². The minimum Gasteiger partial charge on any atom is -0.487 e. The first-order chi connectivity index (χ1) is 15.6. The van der Waals surface area contributed by atoms with Gasteiger partial charge in [0.1, 0.15) is 12.4 Å². The number of hydrogen-bond donors (Lipinski definition) is 1. The Hall–Kier alpha value is -2.66. The molecular formula is C27H27ClN2O2. The van der Waals surface area contributed by atoms with Gasteiger partial charge in [0.05, 0.1) is 11.3 Å². The van der Waals surface area contributed by atoms with Crippen molar-refractivity contribution in [3.63, 3.8) is 0 Å². The summed E-state index contributed by atoms with van der Waals surface area (Å²) in [5.74, 6) is 0.905. The molecule has 2 aromatic carbocycles. The van der Waals surface area contributed by atoms with Gasteiger partial charge in [0.25, 0.3) is 0 Å². The highest BCUT2D eigenvalue weighted by Gasteiger charge is 2.33. The van der Waals surface area contributed by atoms with E-state index in [0.29, 0.717) is 11.6 Å². The molecule has 0 spiro atoms. The fourth-order valence-electron chi connectivity index (χ4n) is 4.71. The highest BCUT2D eigenvalue weighted by atomic mass is 35.5. The lowest BCUT2D eigenvalue weighted by atomic mass is 9.84. The molecule has 4 nitrogen and oxygen atoms in total. The molecule has 32 heavy (non-hydrogen) atoms. The maximum atomic E-state index is 11.1. The lowest BCUT2D eigenvalue weighted by molar-refractivity contribution is -0.0254. The number of fused-ring (bicyclic) bond motifs is 2. The Morgan fingerprint density at radius 2 is 1.75 bits per heavy atom. The lowest BCUT2D eigenvalue weighted by Crippen LogP contribution is -2.42. The van der Waals surface area contributed by atoms with Crippen LogP contribution in [0.3, 0.4) is 0 Å². The fraction of sp³-hybridized carbons (Fsp3) is 0.296. The summed E-state index contributed by atoms with van der Waals surface area (Å²) in [4.78, 5) is 6.98. The number of ether oxygens (including phenoxy) is 1. The normalized spacial score (nSPS) is 19.0. The van der Waals surface area contributed by atoms with E-state index in [-0.39, 0.29) is 0 Å². The molecule has 1 saturated heterocycles. The van der Waals surface area contributed by atoms with Crippen molar-refractivity contribution >= 4 is 17.2 Å². The summed E-state index contributed by atoms with van der Waals surface area (Å²) in [7, 11) is 0. The molecule has 5 heteroatoms. The van der Waals surface area contributed by atoms with Crippen LogP contribution in [-0.4, -0.2) is 34.6 Å². The van der Waals surface area contributed by atoms with Gasteiger partial charge < -0.3 is 14.7 Å². The van der Waals surface area contributed by atoms with Crippen LogP contribution in [-0.2, 0) is 12.2 Å². The third kappa shape index (κ3) is 4.31. The summed E-state index contributed by atoms with van der Waals surface area (Å²) in [6, 6.07) is 19.9. The third-order valence-corrected chi connectivity index (χ3v) is 6.83. The predicted octanol–water partition coefficient (Wildman–Crippen LogP) is 5.43. The first-order valence-electron chi connectivity index (χ1n) is 11.2. The van der Waals surface area contributed by atoms with Crippen molar-refractivity contribution in [2.75, 3.05) is 19.6 Å². The number of pyridine rings is 1. The van der Waals surface area contributed by atoms with Gasteiger partial charge in [-0.1, -0.05) is 54.1 Å². The molecule has 1 aromatic heterocycles. The van der Waals surface area contributed by atoms with Crippen LogP contribution in [0.25, 0.3) is 5.57 Å². The van der Waals surface area contributed by atoms with Crippen LogP contribution in [0.5, 0.6) is 5.75 Å². The molecule has 0 saturated carbocycles. The van der Waals surface area contributed by atoms with E-state index in [1.165, 1.54) is 5.57 Å². The van der Waals surface area contributed by atoms with E-state index in [2.05, 4.69) is 34.2 Å². The van der Waals surface area contributed by atoms with E-state index in [4.69, 9.17) is 16.3 Å². The van der Waals surface area contributed by atoms with Crippen LogP contribution in [0.2, 0.25) is 5.02 Å². The molecule has 164 valence electrons. The van der Waals surface area contributed by atoms with Crippen molar-refractivity contribution in [2.24, 2.45) is 0 Å². The highest BCUT2D eigenvalue weighted by molar-refractivity contribution is 6.30. The van der Waals surface area contributed by atoms with Crippen molar-refractivity contribution in [3.05, 3.63) is 100 Å². The van der Waals surface area contributed by atoms with Crippen LogP contribution in [0.1, 0.15) is 41.6 Å². The molecular weight excluding hydrogens is 420 g/mol. The second-order valence-electron chi connectivity index (χ2n) is 8.57. The zero-order valence-corrected chi connectivity index (χ0v) is 18.8. The molecule has 3 heterocycles. The van der Waals surface area contributed by atoms with Gasteiger partial charge in [-0.3, -0.25) is 4.98 Å². The number of para-hydroxylation sites is 1. The molecule has 2 aliphatic heterocycles. The van der Waals surface area contributed by atoms with Gasteiger partial charge in [0, 0.05) is 42.0 Å². The van der Waals surface area contributed by atoms with E-state index >= 15 is 0 Å². The van der Waals surface area contributed by atoms with Crippen LogP contribution in [0.4, 0.5) is 0 Å². The maximum Gasteiger partial charge on any atom is 0.131 e. The Kier molecular flexibility index (Phi) is 6.01. The Bertz CT molecular complexity index is 1070. The predicted molar refractivity (Wildman–Crippen MR) is 128 cm³/mol. The van der Waals surface area contributed by atoms with E-state index in [0.717, 1.165) is 67.0 Å². The van der Waals surface area contributed by atoms with Crippen LogP contribution < -0.4 is 4.74 Å². The van der Waals surface area contributed by atoms with Crippen LogP contribution in [0, 0.1) is 0 Å². The Morgan fingerprint density at radius 1 is 1.00 bits per heavy atom. The molecule has 2 aliphatic rings. The summed E-state index contributed by atoms with van der Waals surface area (Å²) in [6.45, 7) is 3.19. The molecule has 0 radical (unpaired) electrons. The summed E-state index contributed by atoms with van der Waals surface area (Å²) >= 11 is 6.01. The third-order valence-electron chi connectivity index (χ3n) is 6.58. The van der Waals surface area contributed by atoms with Gasteiger partial charge in [0.15, 0.2) is 0 Å². The number of benzene rings is 2. The number of piperidine rings is 1. The van der Waals surface area contributed by atoms with Crippen molar-refractivity contribution in [1.29, 1.82) is 0 Å². The Morgan fingerprint density at radius 3 is 2.56 bits per heavy atom. The number of likely N-dealkylation sites (tertiary alicyclic amines) is 1. The summed E-state index contributed by atoms with van der Waals surface area (Å²) in [5, 5.41) is 11.8. The van der Waals surface area contributed by atoms with E-state index in [1.54, 1.807) is 0 Å². The summed E-state index contributed by atoms with van der Waals surface area (Å²) in [5.41, 5.74) is 4.63. The molecule has 3 aromatic rings. The van der Waals surface area contributed by atoms with Gasteiger partial charge in [-0.2, -0.15) is 0 Å². The van der Waals surface area contributed by atoms with E-state index in [1.807, 2.05) is 48.7 Å². The number of aromatic nitrogens is 1. The van der Waals surface area contributed by atoms with E-state index in [9.17, 15) is 5.11 Å². The van der Waals surface area contributed by atoms with E-state index < -0.39 is 5.60 Å². The first-order valence-corrected chi connectivity index (χ1v) is 11.6. The molecule has 0 unspecified atom stereocenters. The molecule has 1 N–H and O–H groups in total. The number of aliphatic hydroxyl groups is 1. The van der Waals surface area contributed by atoms with Crippen LogP contribution >= 0.6 is 11.6 Å². The zero-order chi connectivity index (χ0) is 22.0. The minimum absolute atomic E-state index is 0.486. The molecule has 5 rings (SSSR count). The Labute approximate surface area is 194 Å². The van der Waals surface area contributed by atoms with Gasteiger partial charge >= 0.3 is 0 Å². The van der Waals surface area contributed by atoms with Gasteiger partial charge in [-0.15, -0.1) is 0 Å². The quantitative estimate of drug-likeness (QED) is 0.580. The number of rotatable bonds is 4. The van der Waals surface area contributed by atoms with Crippen molar-refractivity contribution in [3.8, 4) is 5.75 Å². The summed E-state index contributed by atoms with van der Waals surface area (Å²) in [6.07, 6.45) is 6.53. The van der Waals surface area contributed by atoms with Gasteiger partial charge in [-0.25, -0.2) is 0 Å². The minimum atomic E-state index is -0.762.